The molecule has 1 aliphatic rings. The summed E-state index contributed by atoms with van der Waals surface area (Å²) in [6.45, 7) is 7.88. The molecule has 0 radical (unpaired) electrons. The lowest BCUT2D eigenvalue weighted by Gasteiger charge is -2.31. The van der Waals surface area contributed by atoms with Gasteiger partial charge in [-0.25, -0.2) is 0 Å². The Bertz CT molecular complexity index is 193. The average molecular weight is 241 g/mol. The van der Waals surface area contributed by atoms with Crippen LogP contribution < -0.4 is 5.32 Å². The van der Waals surface area contributed by atoms with E-state index in [4.69, 9.17) is 0 Å². The molecule has 2 heteroatoms. The molecule has 0 aromatic carbocycles. The van der Waals surface area contributed by atoms with Gasteiger partial charge in [-0.1, -0.05) is 39.5 Å². The van der Waals surface area contributed by atoms with Gasteiger partial charge in [-0.05, 0) is 32.1 Å². The van der Waals surface area contributed by atoms with E-state index in [9.17, 15) is 5.11 Å². The Morgan fingerprint density at radius 3 is 2.29 bits per heavy atom. The maximum absolute atomic E-state index is 9.41. The smallest absolute Gasteiger partial charge is 0.0496 e. The molecule has 1 rings (SSSR count). The van der Waals surface area contributed by atoms with E-state index in [1.54, 1.807) is 0 Å². The third-order valence-electron chi connectivity index (χ3n) is 4.69. The van der Waals surface area contributed by atoms with Crippen molar-refractivity contribution in [3.8, 4) is 0 Å². The van der Waals surface area contributed by atoms with Crippen molar-refractivity contribution >= 4 is 0 Å². The predicted molar refractivity (Wildman–Crippen MR) is 74.1 cm³/mol. The standard InChI is InChI=1S/C15H31NO/c1-4-15(3,12-17)11-16-13(2)14-9-7-5-6-8-10-14/h13-14,16-17H,4-12H2,1-3H3/t13-,15?/m0/s1. The van der Waals surface area contributed by atoms with Crippen molar-refractivity contribution in [2.45, 2.75) is 71.8 Å². The second kappa shape index (κ2) is 7.38. The number of aliphatic hydroxyl groups is 1. The lowest BCUT2D eigenvalue weighted by Crippen LogP contribution is -2.42. The third kappa shape index (κ3) is 4.97. The van der Waals surface area contributed by atoms with E-state index in [0.717, 1.165) is 18.9 Å². The molecule has 0 spiro atoms. The Morgan fingerprint density at radius 2 is 1.82 bits per heavy atom. The summed E-state index contributed by atoms with van der Waals surface area (Å²) in [6.07, 6.45) is 9.46. The number of hydrogen-bond acceptors (Lipinski definition) is 2. The summed E-state index contributed by atoms with van der Waals surface area (Å²) in [6, 6.07) is 0.602. The van der Waals surface area contributed by atoms with Gasteiger partial charge in [-0.3, -0.25) is 0 Å². The maximum atomic E-state index is 9.41. The van der Waals surface area contributed by atoms with Gasteiger partial charge in [-0.2, -0.15) is 0 Å². The van der Waals surface area contributed by atoms with Crippen LogP contribution in [-0.2, 0) is 0 Å². The molecule has 102 valence electrons. The van der Waals surface area contributed by atoms with E-state index in [0.29, 0.717) is 6.04 Å². The molecule has 1 unspecified atom stereocenters. The summed E-state index contributed by atoms with van der Waals surface area (Å²) >= 11 is 0. The highest BCUT2D eigenvalue weighted by molar-refractivity contribution is 4.80. The molecule has 0 aromatic rings. The topological polar surface area (TPSA) is 32.3 Å². The molecule has 17 heavy (non-hydrogen) atoms. The van der Waals surface area contributed by atoms with Gasteiger partial charge in [0.1, 0.15) is 0 Å². The van der Waals surface area contributed by atoms with Crippen molar-refractivity contribution in [2.24, 2.45) is 11.3 Å². The van der Waals surface area contributed by atoms with Crippen LogP contribution in [-0.4, -0.2) is 24.3 Å². The molecule has 2 N–H and O–H groups in total. The zero-order valence-electron chi connectivity index (χ0n) is 12.0. The molecular formula is C15H31NO. The van der Waals surface area contributed by atoms with E-state index < -0.39 is 0 Å². The monoisotopic (exact) mass is 241 g/mol. The van der Waals surface area contributed by atoms with Crippen LogP contribution in [0, 0.1) is 11.3 Å². The minimum absolute atomic E-state index is 0.0546. The summed E-state index contributed by atoms with van der Waals surface area (Å²) in [5, 5.41) is 13.1. The Kier molecular flexibility index (Phi) is 6.50. The Morgan fingerprint density at radius 1 is 1.24 bits per heavy atom. The SMILES string of the molecule is CCC(C)(CO)CN[C@@H](C)C1CCCCCC1. The highest BCUT2D eigenvalue weighted by atomic mass is 16.3. The summed E-state index contributed by atoms with van der Waals surface area (Å²) in [7, 11) is 0. The molecule has 0 aliphatic heterocycles. The van der Waals surface area contributed by atoms with Crippen molar-refractivity contribution in [1.82, 2.24) is 5.32 Å². The summed E-state index contributed by atoms with van der Waals surface area (Å²) in [5.74, 6) is 0.845. The minimum atomic E-state index is 0.0546. The van der Waals surface area contributed by atoms with Gasteiger partial charge in [0.05, 0.1) is 0 Å². The van der Waals surface area contributed by atoms with Crippen LogP contribution >= 0.6 is 0 Å². The Balaban J connectivity index is 2.34. The first-order valence-electron chi connectivity index (χ1n) is 7.45. The third-order valence-corrected chi connectivity index (χ3v) is 4.69. The minimum Gasteiger partial charge on any atom is -0.396 e. The van der Waals surface area contributed by atoms with Crippen molar-refractivity contribution in [3.05, 3.63) is 0 Å². The van der Waals surface area contributed by atoms with Crippen molar-refractivity contribution in [1.29, 1.82) is 0 Å². The first-order chi connectivity index (χ1) is 8.11. The fourth-order valence-corrected chi connectivity index (χ4v) is 2.68. The van der Waals surface area contributed by atoms with Crippen LogP contribution in [0.2, 0.25) is 0 Å². The molecular weight excluding hydrogens is 210 g/mol. The summed E-state index contributed by atoms with van der Waals surface area (Å²) in [5.41, 5.74) is 0.0546. The van der Waals surface area contributed by atoms with Crippen LogP contribution in [0.3, 0.4) is 0 Å². The zero-order chi connectivity index (χ0) is 12.7. The van der Waals surface area contributed by atoms with Gasteiger partial charge in [0.25, 0.3) is 0 Å². The molecule has 2 atom stereocenters. The van der Waals surface area contributed by atoms with E-state index in [2.05, 4.69) is 26.1 Å². The van der Waals surface area contributed by atoms with E-state index >= 15 is 0 Å². The van der Waals surface area contributed by atoms with Crippen molar-refractivity contribution in [3.63, 3.8) is 0 Å². The van der Waals surface area contributed by atoms with Crippen molar-refractivity contribution < 1.29 is 5.11 Å². The van der Waals surface area contributed by atoms with Gasteiger partial charge in [-0.15, -0.1) is 0 Å². The molecule has 0 heterocycles. The predicted octanol–water partition coefficient (Wildman–Crippen LogP) is 3.34. The molecule has 1 aliphatic carbocycles. The molecule has 1 fully saturated rings. The van der Waals surface area contributed by atoms with Gasteiger partial charge in [0.15, 0.2) is 0 Å². The largest absolute Gasteiger partial charge is 0.396 e. The van der Waals surface area contributed by atoms with Crippen molar-refractivity contribution in [2.75, 3.05) is 13.2 Å². The Labute approximate surface area is 107 Å². The first kappa shape index (κ1) is 15.0. The van der Waals surface area contributed by atoms with Crippen LogP contribution in [0.4, 0.5) is 0 Å². The first-order valence-corrected chi connectivity index (χ1v) is 7.45. The van der Waals surface area contributed by atoms with E-state index in [1.165, 1.54) is 38.5 Å². The molecule has 1 saturated carbocycles. The number of rotatable bonds is 6. The quantitative estimate of drug-likeness (QED) is 0.699. The fraction of sp³-hybridized carbons (Fsp3) is 1.00. The summed E-state index contributed by atoms with van der Waals surface area (Å²) < 4.78 is 0. The van der Waals surface area contributed by atoms with Gasteiger partial charge in [0, 0.05) is 24.6 Å². The lowest BCUT2D eigenvalue weighted by molar-refractivity contribution is 0.128. The second-order valence-electron chi connectivity index (χ2n) is 6.24. The highest BCUT2D eigenvalue weighted by Gasteiger charge is 2.24. The molecule has 0 bridgehead atoms. The van der Waals surface area contributed by atoms with E-state index in [1.807, 2.05) is 0 Å². The van der Waals surface area contributed by atoms with Crippen LogP contribution in [0.5, 0.6) is 0 Å². The highest BCUT2D eigenvalue weighted by Crippen LogP contribution is 2.26. The fourth-order valence-electron chi connectivity index (χ4n) is 2.68. The molecule has 0 saturated heterocycles. The van der Waals surface area contributed by atoms with Crippen LogP contribution in [0.15, 0.2) is 0 Å². The zero-order valence-corrected chi connectivity index (χ0v) is 12.0. The van der Waals surface area contributed by atoms with Gasteiger partial charge in [0.2, 0.25) is 0 Å². The number of hydrogen-bond donors (Lipinski definition) is 2. The van der Waals surface area contributed by atoms with Crippen LogP contribution in [0.25, 0.3) is 0 Å². The molecule has 0 aromatic heterocycles. The van der Waals surface area contributed by atoms with E-state index in [-0.39, 0.29) is 12.0 Å². The number of nitrogens with one attached hydrogen (secondary N) is 1. The van der Waals surface area contributed by atoms with Gasteiger partial charge >= 0.3 is 0 Å². The normalized spacial score (nSPS) is 24.0. The maximum Gasteiger partial charge on any atom is 0.0496 e. The summed E-state index contributed by atoms with van der Waals surface area (Å²) in [4.78, 5) is 0. The second-order valence-corrected chi connectivity index (χ2v) is 6.24. The lowest BCUT2D eigenvalue weighted by atomic mass is 9.87. The number of aliphatic hydroxyl groups excluding tert-OH is 1. The Hall–Kier alpha value is -0.0800. The molecule has 2 nitrogen and oxygen atoms in total. The van der Waals surface area contributed by atoms with Gasteiger partial charge < -0.3 is 10.4 Å². The average Bonchev–Trinajstić information content (AvgIpc) is 2.64. The molecule has 0 amide bonds. The van der Waals surface area contributed by atoms with Crippen LogP contribution in [0.1, 0.15) is 65.7 Å².